The fraction of sp³-hybridized carbons (Fsp3) is 0.562. The van der Waals surface area contributed by atoms with Crippen LogP contribution in [-0.2, 0) is 0 Å². The number of halogens is 1. The maximum Gasteiger partial charge on any atom is 0.154 e. The fourth-order valence-electron chi connectivity index (χ4n) is 2.85. The van der Waals surface area contributed by atoms with Crippen LogP contribution in [0, 0.1) is 6.92 Å². The Labute approximate surface area is 120 Å². The molecule has 0 aliphatic heterocycles. The van der Waals surface area contributed by atoms with E-state index in [0.29, 0.717) is 10.9 Å². The number of aromatic nitrogens is 1. The van der Waals surface area contributed by atoms with Gasteiger partial charge in [-0.3, -0.25) is 4.98 Å². The van der Waals surface area contributed by atoms with Crippen LogP contribution in [0.2, 0.25) is 5.02 Å². The molecule has 1 fully saturated rings. The second kappa shape index (κ2) is 6.42. The van der Waals surface area contributed by atoms with Gasteiger partial charge in [0, 0.05) is 23.7 Å². The maximum atomic E-state index is 5.97. The molecule has 3 rings (SSSR count). The maximum absolute atomic E-state index is 5.97. The van der Waals surface area contributed by atoms with E-state index in [0.717, 1.165) is 16.9 Å². The first-order valence-corrected chi connectivity index (χ1v) is 7.68. The Bertz CT molecular complexity index is 541. The van der Waals surface area contributed by atoms with Crippen LogP contribution in [0.3, 0.4) is 0 Å². The van der Waals surface area contributed by atoms with Gasteiger partial charge in [-0.1, -0.05) is 44.7 Å². The van der Waals surface area contributed by atoms with Crippen LogP contribution in [0.25, 0.3) is 11.1 Å². The zero-order chi connectivity index (χ0) is 13.8. The van der Waals surface area contributed by atoms with Gasteiger partial charge in [0.15, 0.2) is 5.58 Å². The monoisotopic (exact) mass is 279 g/mol. The topological polar surface area (TPSA) is 26.0 Å². The van der Waals surface area contributed by atoms with E-state index >= 15 is 0 Å². The van der Waals surface area contributed by atoms with Gasteiger partial charge in [-0.25, -0.2) is 0 Å². The summed E-state index contributed by atoms with van der Waals surface area (Å²) in [6, 6.07) is 1.86. The highest BCUT2D eigenvalue weighted by Gasteiger charge is 2.22. The van der Waals surface area contributed by atoms with E-state index in [1.54, 1.807) is 6.20 Å². The molecule has 1 aliphatic carbocycles. The molecule has 0 unspecified atom stereocenters. The molecule has 0 aromatic carbocycles. The van der Waals surface area contributed by atoms with Crippen molar-refractivity contribution in [2.24, 2.45) is 0 Å². The molecule has 1 aliphatic rings. The van der Waals surface area contributed by atoms with Gasteiger partial charge in [-0.15, -0.1) is 0 Å². The van der Waals surface area contributed by atoms with Crippen molar-refractivity contribution in [2.75, 3.05) is 0 Å². The van der Waals surface area contributed by atoms with E-state index in [2.05, 4.69) is 11.9 Å². The van der Waals surface area contributed by atoms with Crippen LogP contribution in [0.1, 0.15) is 63.2 Å². The highest BCUT2D eigenvalue weighted by atomic mass is 35.5. The minimum Gasteiger partial charge on any atom is -0.459 e. The minimum atomic E-state index is 0.580. The number of aryl methyl sites for hydroxylation is 1. The minimum absolute atomic E-state index is 0.580. The first-order chi connectivity index (χ1) is 9.25. The molecule has 3 heteroatoms. The molecule has 0 atom stereocenters. The van der Waals surface area contributed by atoms with Crippen LogP contribution in [-0.4, -0.2) is 4.98 Å². The van der Waals surface area contributed by atoms with Crippen LogP contribution >= 0.6 is 11.6 Å². The van der Waals surface area contributed by atoms with Crippen molar-refractivity contribution in [1.29, 1.82) is 0 Å². The molecule has 2 nitrogen and oxygen atoms in total. The standard InChI is InChI=1S/C14H16ClNO.C2H6/c1-9-13-12(7-11(15)8-16-13)17-14(9)10-5-3-2-4-6-10;1-2/h7-8,10H,2-6H2,1H3;1-2H3. The van der Waals surface area contributed by atoms with Gasteiger partial charge in [0.2, 0.25) is 0 Å². The summed E-state index contributed by atoms with van der Waals surface area (Å²) in [5.41, 5.74) is 2.99. The highest BCUT2D eigenvalue weighted by Crippen LogP contribution is 2.38. The Morgan fingerprint density at radius 3 is 2.58 bits per heavy atom. The number of hydrogen-bond donors (Lipinski definition) is 0. The first-order valence-electron chi connectivity index (χ1n) is 7.30. The third-order valence-corrected chi connectivity index (χ3v) is 3.95. The van der Waals surface area contributed by atoms with Gasteiger partial charge in [-0.2, -0.15) is 0 Å². The lowest BCUT2D eigenvalue weighted by Crippen LogP contribution is -2.04. The number of nitrogens with zero attached hydrogens (tertiary/aromatic N) is 1. The SMILES string of the molecule is CC.Cc1c(C2CCCCC2)oc2cc(Cl)cnc12. The van der Waals surface area contributed by atoms with Crippen molar-refractivity contribution >= 4 is 22.7 Å². The number of hydrogen-bond acceptors (Lipinski definition) is 2. The fourth-order valence-corrected chi connectivity index (χ4v) is 2.99. The number of fused-ring (bicyclic) bond motifs is 1. The van der Waals surface area contributed by atoms with Crippen LogP contribution in [0.4, 0.5) is 0 Å². The van der Waals surface area contributed by atoms with Crippen LogP contribution in [0.15, 0.2) is 16.7 Å². The summed E-state index contributed by atoms with van der Waals surface area (Å²) in [5.74, 6) is 1.71. The first kappa shape index (κ1) is 14.4. The Hall–Kier alpha value is -1.02. The van der Waals surface area contributed by atoms with Gasteiger partial charge >= 0.3 is 0 Å². The average molecular weight is 280 g/mol. The molecule has 0 saturated heterocycles. The van der Waals surface area contributed by atoms with Crippen molar-refractivity contribution in [3.8, 4) is 0 Å². The lowest BCUT2D eigenvalue weighted by atomic mass is 9.86. The Kier molecular flexibility index (Phi) is 4.87. The Morgan fingerprint density at radius 1 is 1.21 bits per heavy atom. The van der Waals surface area contributed by atoms with Crippen molar-refractivity contribution < 1.29 is 4.42 Å². The number of pyridine rings is 1. The largest absolute Gasteiger partial charge is 0.459 e. The van der Waals surface area contributed by atoms with E-state index in [-0.39, 0.29) is 0 Å². The van der Waals surface area contributed by atoms with Crippen molar-refractivity contribution in [3.05, 3.63) is 28.6 Å². The lowest BCUT2D eigenvalue weighted by molar-refractivity contribution is 0.383. The molecule has 2 aromatic heterocycles. The molecule has 1 saturated carbocycles. The molecular formula is C16H22ClNO. The number of rotatable bonds is 1. The van der Waals surface area contributed by atoms with Gasteiger partial charge in [0.1, 0.15) is 11.3 Å². The van der Waals surface area contributed by atoms with E-state index in [1.807, 2.05) is 19.9 Å². The molecule has 0 spiro atoms. The summed E-state index contributed by atoms with van der Waals surface area (Å²) in [4.78, 5) is 4.37. The second-order valence-electron chi connectivity index (χ2n) is 4.93. The zero-order valence-electron chi connectivity index (χ0n) is 12.0. The van der Waals surface area contributed by atoms with Crippen molar-refractivity contribution in [3.63, 3.8) is 0 Å². The van der Waals surface area contributed by atoms with Crippen LogP contribution in [0.5, 0.6) is 0 Å². The zero-order valence-corrected chi connectivity index (χ0v) is 12.8. The summed E-state index contributed by atoms with van der Waals surface area (Å²) in [5, 5.41) is 0.640. The van der Waals surface area contributed by atoms with Crippen LogP contribution < -0.4 is 0 Å². The molecule has 2 heterocycles. The Balaban J connectivity index is 0.000000637. The normalized spacial score (nSPS) is 16.2. The summed E-state index contributed by atoms with van der Waals surface area (Å²) >= 11 is 5.94. The summed E-state index contributed by atoms with van der Waals surface area (Å²) in [6.45, 7) is 6.11. The van der Waals surface area contributed by atoms with Crippen molar-refractivity contribution in [1.82, 2.24) is 4.98 Å². The third-order valence-electron chi connectivity index (χ3n) is 3.74. The van der Waals surface area contributed by atoms with E-state index in [9.17, 15) is 0 Å². The van der Waals surface area contributed by atoms with Gasteiger partial charge in [0.25, 0.3) is 0 Å². The average Bonchev–Trinajstić information content (AvgIpc) is 2.78. The smallest absolute Gasteiger partial charge is 0.154 e. The van der Waals surface area contributed by atoms with E-state index in [1.165, 1.54) is 37.7 Å². The van der Waals surface area contributed by atoms with Gasteiger partial charge in [0.05, 0.1) is 5.02 Å². The predicted octanol–water partition coefficient (Wildman–Crippen LogP) is 5.86. The highest BCUT2D eigenvalue weighted by molar-refractivity contribution is 6.31. The molecular weight excluding hydrogens is 258 g/mol. The molecule has 19 heavy (non-hydrogen) atoms. The molecule has 0 N–H and O–H groups in total. The van der Waals surface area contributed by atoms with E-state index < -0.39 is 0 Å². The summed E-state index contributed by atoms with van der Waals surface area (Å²) in [6.07, 6.45) is 8.17. The summed E-state index contributed by atoms with van der Waals surface area (Å²) < 4.78 is 5.97. The quantitative estimate of drug-likeness (QED) is 0.653. The molecule has 2 aromatic rings. The lowest BCUT2D eigenvalue weighted by Gasteiger charge is -2.19. The van der Waals surface area contributed by atoms with Crippen molar-refractivity contribution in [2.45, 2.75) is 58.8 Å². The third kappa shape index (κ3) is 2.94. The Morgan fingerprint density at radius 2 is 1.89 bits per heavy atom. The summed E-state index contributed by atoms with van der Waals surface area (Å²) in [7, 11) is 0. The molecule has 0 bridgehead atoms. The number of furan rings is 1. The van der Waals surface area contributed by atoms with Gasteiger partial charge < -0.3 is 4.42 Å². The second-order valence-corrected chi connectivity index (χ2v) is 5.36. The van der Waals surface area contributed by atoms with E-state index in [4.69, 9.17) is 16.0 Å². The molecule has 0 radical (unpaired) electrons. The molecule has 104 valence electrons. The van der Waals surface area contributed by atoms with Gasteiger partial charge in [-0.05, 0) is 19.8 Å². The molecule has 0 amide bonds. The predicted molar refractivity (Wildman–Crippen MR) is 80.9 cm³/mol.